The van der Waals surface area contributed by atoms with Gasteiger partial charge in [-0.25, -0.2) is 0 Å². The van der Waals surface area contributed by atoms with E-state index in [1.54, 1.807) is 0 Å². The predicted octanol–water partition coefficient (Wildman–Crippen LogP) is 5.12. The summed E-state index contributed by atoms with van der Waals surface area (Å²) in [6.07, 6.45) is 0. The maximum absolute atomic E-state index is 11.9. The second kappa shape index (κ2) is 6.50. The first-order chi connectivity index (χ1) is 11.8. The first-order valence-corrected chi connectivity index (χ1v) is 10.5. The summed E-state index contributed by atoms with van der Waals surface area (Å²) < 4.78 is 9.80. The summed E-state index contributed by atoms with van der Waals surface area (Å²) in [5.41, 5.74) is 3.87. The fourth-order valence-corrected chi connectivity index (χ4v) is 5.83. The number of hydrogen-bond acceptors (Lipinski definition) is 2. The molecule has 1 heterocycles. The van der Waals surface area contributed by atoms with Gasteiger partial charge in [-0.2, -0.15) is 0 Å². The zero-order chi connectivity index (χ0) is 16.4. The van der Waals surface area contributed by atoms with E-state index in [2.05, 4.69) is 28.0 Å². The van der Waals surface area contributed by atoms with E-state index >= 15 is 0 Å². The molecule has 0 amide bonds. The van der Waals surface area contributed by atoms with Crippen LogP contribution in [0.4, 0.5) is 0 Å². The van der Waals surface area contributed by atoms with Gasteiger partial charge in [0.2, 0.25) is 0 Å². The maximum atomic E-state index is 11.9. The molecule has 0 aromatic heterocycles. The van der Waals surface area contributed by atoms with Gasteiger partial charge < -0.3 is 0 Å². The molecule has 24 heavy (non-hydrogen) atoms. The van der Waals surface area contributed by atoms with Gasteiger partial charge in [0.1, 0.15) is 0 Å². The molecular formula is C21H13IO2. The van der Waals surface area contributed by atoms with Crippen LogP contribution in [-0.2, 0) is 3.07 Å². The van der Waals surface area contributed by atoms with Crippen LogP contribution in [0.2, 0.25) is 0 Å². The van der Waals surface area contributed by atoms with Crippen LogP contribution >= 0.6 is 20.2 Å². The molecule has 0 bridgehead atoms. The standard InChI is InChI=1S/C21H13IO2/c23-21-19-12-6-7-13-20(19)22(24-21)15-14-17-10-4-5-11-18(17)16-8-2-1-3-9-16/h1-13H. The normalized spacial score (nSPS) is 13.7. The van der Waals surface area contributed by atoms with Gasteiger partial charge in [-0.3, -0.25) is 0 Å². The van der Waals surface area contributed by atoms with Crippen LogP contribution < -0.4 is 0 Å². The van der Waals surface area contributed by atoms with E-state index < -0.39 is 20.2 Å². The number of fused-ring (bicyclic) bond motifs is 1. The van der Waals surface area contributed by atoms with Crippen LogP contribution in [0, 0.1) is 13.4 Å². The second-order valence-electron chi connectivity index (χ2n) is 5.22. The molecule has 0 unspecified atom stereocenters. The Kier molecular flexibility index (Phi) is 4.06. The fraction of sp³-hybridized carbons (Fsp3) is 0. The SMILES string of the molecule is O=C1OI(C#Cc2ccccc2-c2ccccc2)c2ccccc21. The summed E-state index contributed by atoms with van der Waals surface area (Å²) in [7, 11) is 0. The molecule has 0 fully saturated rings. The van der Waals surface area contributed by atoms with E-state index in [1.807, 2.05) is 60.7 Å². The Hall–Kier alpha value is -2.58. The summed E-state index contributed by atoms with van der Waals surface area (Å²) in [5.74, 6) is 3.02. The van der Waals surface area contributed by atoms with Crippen LogP contribution in [0.25, 0.3) is 11.1 Å². The molecule has 0 saturated carbocycles. The molecule has 0 spiro atoms. The molecule has 116 valence electrons. The summed E-state index contributed by atoms with van der Waals surface area (Å²) in [6, 6.07) is 25.8. The van der Waals surface area contributed by atoms with Crippen molar-refractivity contribution in [3.05, 3.63) is 93.6 Å². The number of benzene rings is 3. The quantitative estimate of drug-likeness (QED) is 0.400. The minimum absolute atomic E-state index is 0.235. The monoisotopic (exact) mass is 424 g/mol. The van der Waals surface area contributed by atoms with E-state index in [0.717, 1.165) is 20.3 Å². The number of hydrogen-bond donors (Lipinski definition) is 0. The molecule has 0 radical (unpaired) electrons. The number of carbonyl (C=O) groups excluding carboxylic acids is 1. The Morgan fingerprint density at radius 3 is 2.25 bits per heavy atom. The molecular weight excluding hydrogens is 411 g/mol. The van der Waals surface area contributed by atoms with Crippen molar-refractivity contribution >= 4 is 26.2 Å². The first-order valence-electron chi connectivity index (χ1n) is 7.51. The Morgan fingerprint density at radius 2 is 1.42 bits per heavy atom. The fourth-order valence-electron chi connectivity index (χ4n) is 2.56. The van der Waals surface area contributed by atoms with Crippen LogP contribution in [0.15, 0.2) is 78.9 Å². The number of carbonyl (C=O) groups is 1. The van der Waals surface area contributed by atoms with E-state index in [0.29, 0.717) is 5.56 Å². The molecule has 0 saturated heterocycles. The van der Waals surface area contributed by atoms with Crippen LogP contribution in [-0.4, -0.2) is 5.97 Å². The first kappa shape index (κ1) is 15.0. The summed E-state index contributed by atoms with van der Waals surface area (Å²) in [6.45, 7) is 0. The average Bonchev–Trinajstić information content (AvgIpc) is 2.97. The van der Waals surface area contributed by atoms with Gasteiger partial charge in [0.15, 0.2) is 0 Å². The van der Waals surface area contributed by atoms with Crippen molar-refractivity contribution in [1.82, 2.24) is 0 Å². The van der Waals surface area contributed by atoms with Crippen LogP contribution in [0.5, 0.6) is 0 Å². The molecule has 0 aliphatic carbocycles. The van der Waals surface area contributed by atoms with Gasteiger partial charge in [0.05, 0.1) is 0 Å². The Balaban J connectivity index is 1.72. The van der Waals surface area contributed by atoms with Gasteiger partial charge >= 0.3 is 149 Å². The Labute approximate surface area is 148 Å². The van der Waals surface area contributed by atoms with Crippen molar-refractivity contribution < 1.29 is 7.86 Å². The number of rotatable bonds is 1. The molecule has 3 aromatic rings. The van der Waals surface area contributed by atoms with Crippen LogP contribution in [0.1, 0.15) is 15.9 Å². The third-order valence-corrected chi connectivity index (χ3v) is 7.30. The van der Waals surface area contributed by atoms with Gasteiger partial charge in [-0.05, 0) is 0 Å². The van der Waals surface area contributed by atoms with Crippen molar-refractivity contribution in [2.75, 3.05) is 0 Å². The second-order valence-corrected chi connectivity index (χ2v) is 8.79. The Bertz CT molecular complexity index is 968. The van der Waals surface area contributed by atoms with Crippen molar-refractivity contribution in [2.45, 2.75) is 0 Å². The molecule has 1 aliphatic rings. The van der Waals surface area contributed by atoms with Gasteiger partial charge in [0.25, 0.3) is 0 Å². The third kappa shape index (κ3) is 2.81. The van der Waals surface area contributed by atoms with Gasteiger partial charge in [0, 0.05) is 0 Å². The molecule has 1 aliphatic heterocycles. The zero-order valence-corrected chi connectivity index (χ0v) is 14.9. The molecule has 3 heteroatoms. The van der Waals surface area contributed by atoms with E-state index in [-0.39, 0.29) is 5.97 Å². The summed E-state index contributed by atoms with van der Waals surface area (Å²) >= 11 is -2.23. The van der Waals surface area contributed by atoms with Gasteiger partial charge in [-0.15, -0.1) is 0 Å². The van der Waals surface area contributed by atoms with E-state index in [4.69, 9.17) is 3.07 Å². The van der Waals surface area contributed by atoms with Crippen molar-refractivity contribution in [1.29, 1.82) is 0 Å². The topological polar surface area (TPSA) is 26.3 Å². The average molecular weight is 424 g/mol. The van der Waals surface area contributed by atoms with Crippen LogP contribution in [0.3, 0.4) is 0 Å². The Morgan fingerprint density at radius 1 is 0.750 bits per heavy atom. The van der Waals surface area contributed by atoms with Gasteiger partial charge in [-0.1, -0.05) is 0 Å². The predicted molar refractivity (Wildman–Crippen MR) is 103 cm³/mol. The van der Waals surface area contributed by atoms with E-state index in [1.165, 1.54) is 0 Å². The molecule has 2 nitrogen and oxygen atoms in total. The third-order valence-electron chi connectivity index (χ3n) is 3.71. The minimum atomic E-state index is -2.23. The van der Waals surface area contributed by atoms with Crippen molar-refractivity contribution in [3.8, 4) is 21.0 Å². The summed E-state index contributed by atoms with van der Waals surface area (Å²) in [4.78, 5) is 11.9. The van der Waals surface area contributed by atoms with E-state index in [9.17, 15) is 4.79 Å². The summed E-state index contributed by atoms with van der Waals surface area (Å²) in [5, 5.41) is 0. The van der Waals surface area contributed by atoms with Crippen molar-refractivity contribution in [3.63, 3.8) is 0 Å². The number of halogens is 1. The zero-order valence-electron chi connectivity index (χ0n) is 12.7. The van der Waals surface area contributed by atoms with Crippen molar-refractivity contribution in [2.24, 2.45) is 0 Å². The molecule has 0 N–H and O–H groups in total. The molecule has 4 rings (SSSR count). The molecule has 0 atom stereocenters. The molecule has 3 aromatic carbocycles.